The zero-order chi connectivity index (χ0) is 10.9. The highest BCUT2D eigenvalue weighted by Crippen LogP contribution is 2.19. The summed E-state index contributed by atoms with van der Waals surface area (Å²) in [5.41, 5.74) is 0.973. The Balaban J connectivity index is 2.20. The van der Waals surface area contributed by atoms with Gasteiger partial charge in [-0.05, 0) is 24.6 Å². The molecule has 1 heterocycles. The molecule has 0 N–H and O–H groups in total. The fourth-order valence-corrected chi connectivity index (χ4v) is 3.25. The van der Waals surface area contributed by atoms with Crippen LogP contribution in [0.3, 0.4) is 0 Å². The number of aryl methyl sites for hydroxylation is 1. The Morgan fingerprint density at radius 1 is 1.40 bits per heavy atom. The fourth-order valence-electron chi connectivity index (χ4n) is 1.60. The van der Waals surface area contributed by atoms with Crippen LogP contribution in [0.25, 0.3) is 0 Å². The Morgan fingerprint density at radius 2 is 2.13 bits per heavy atom. The zero-order valence-corrected chi connectivity index (χ0v) is 9.46. The molecule has 3 nitrogen and oxygen atoms in total. The summed E-state index contributed by atoms with van der Waals surface area (Å²) >= 11 is 0. The van der Waals surface area contributed by atoms with Crippen molar-refractivity contribution in [2.24, 2.45) is 5.92 Å². The van der Waals surface area contributed by atoms with E-state index in [1.807, 2.05) is 13.0 Å². The predicted octanol–water partition coefficient (Wildman–Crippen LogP) is 1.42. The fraction of sp³-hybridized carbons (Fsp3) is 0.455. The van der Waals surface area contributed by atoms with E-state index in [0.29, 0.717) is 18.1 Å². The molecule has 0 spiro atoms. The van der Waals surface area contributed by atoms with Crippen molar-refractivity contribution < 1.29 is 13.2 Å². The van der Waals surface area contributed by atoms with Crippen molar-refractivity contribution in [1.82, 2.24) is 0 Å². The summed E-state index contributed by atoms with van der Waals surface area (Å²) in [6.45, 7) is 3.04. The molecule has 1 fully saturated rings. The Morgan fingerprint density at radius 3 is 2.67 bits per heavy atom. The third-order valence-electron chi connectivity index (χ3n) is 2.51. The first-order valence-electron chi connectivity index (χ1n) is 4.95. The third-order valence-corrected chi connectivity index (χ3v) is 4.39. The Bertz CT molecular complexity index is 447. The lowest BCUT2D eigenvalue weighted by molar-refractivity contribution is -0.0204. The summed E-state index contributed by atoms with van der Waals surface area (Å²) in [6, 6.07) is 7.04. The minimum atomic E-state index is -3.12. The van der Waals surface area contributed by atoms with Crippen LogP contribution < -0.4 is 0 Å². The van der Waals surface area contributed by atoms with Gasteiger partial charge in [0.1, 0.15) is 0 Å². The van der Waals surface area contributed by atoms with Gasteiger partial charge in [-0.3, -0.25) is 0 Å². The van der Waals surface area contributed by atoms with Gasteiger partial charge >= 0.3 is 0 Å². The molecule has 0 bridgehead atoms. The second-order valence-corrected chi connectivity index (χ2v) is 6.04. The van der Waals surface area contributed by atoms with Crippen molar-refractivity contribution in [1.29, 1.82) is 0 Å². The van der Waals surface area contributed by atoms with Crippen molar-refractivity contribution in [2.45, 2.75) is 11.8 Å². The molecule has 0 amide bonds. The van der Waals surface area contributed by atoms with E-state index in [0.717, 1.165) is 5.56 Å². The molecule has 2 rings (SSSR count). The average molecular weight is 226 g/mol. The minimum absolute atomic E-state index is 0.176. The van der Waals surface area contributed by atoms with Crippen LogP contribution in [-0.4, -0.2) is 27.4 Å². The van der Waals surface area contributed by atoms with Gasteiger partial charge in [0.25, 0.3) is 0 Å². The van der Waals surface area contributed by atoms with E-state index in [-0.39, 0.29) is 11.7 Å². The van der Waals surface area contributed by atoms with Crippen molar-refractivity contribution in [2.75, 3.05) is 19.0 Å². The molecule has 1 aromatic rings. The van der Waals surface area contributed by atoms with Crippen molar-refractivity contribution in [3.8, 4) is 0 Å². The van der Waals surface area contributed by atoms with Crippen molar-refractivity contribution >= 4 is 9.84 Å². The average Bonchev–Trinajstić information content (AvgIpc) is 2.12. The topological polar surface area (TPSA) is 43.4 Å². The number of sulfone groups is 1. The summed E-state index contributed by atoms with van der Waals surface area (Å²) in [7, 11) is -3.12. The first kappa shape index (κ1) is 10.6. The van der Waals surface area contributed by atoms with Crippen molar-refractivity contribution in [3.63, 3.8) is 0 Å². The number of benzene rings is 1. The Kier molecular flexibility index (Phi) is 2.80. The van der Waals surface area contributed by atoms with Gasteiger partial charge in [0.2, 0.25) is 0 Å². The molecule has 4 heteroatoms. The molecule has 15 heavy (non-hydrogen) atoms. The smallest absolute Gasteiger partial charge is 0.178 e. The molecule has 0 aliphatic carbocycles. The molecule has 0 saturated carbocycles. The summed E-state index contributed by atoms with van der Waals surface area (Å²) in [6.07, 6.45) is 0. The van der Waals surface area contributed by atoms with E-state index in [1.54, 1.807) is 18.2 Å². The molecule has 0 atom stereocenters. The van der Waals surface area contributed by atoms with Crippen LogP contribution in [0.4, 0.5) is 0 Å². The summed E-state index contributed by atoms with van der Waals surface area (Å²) in [5.74, 6) is 0.381. The highest BCUT2D eigenvalue weighted by atomic mass is 32.2. The molecule has 1 saturated heterocycles. The molecule has 1 aliphatic heterocycles. The van der Waals surface area contributed by atoms with Crippen LogP contribution in [0, 0.1) is 12.8 Å². The quantitative estimate of drug-likeness (QED) is 0.782. The van der Waals surface area contributed by atoms with E-state index in [4.69, 9.17) is 4.74 Å². The van der Waals surface area contributed by atoms with E-state index < -0.39 is 9.84 Å². The molecular weight excluding hydrogens is 212 g/mol. The SMILES string of the molecule is Cc1cccc(S(=O)(=O)CC2COC2)c1. The van der Waals surface area contributed by atoms with Gasteiger partial charge < -0.3 is 4.74 Å². The van der Waals surface area contributed by atoms with Crippen LogP contribution in [0.2, 0.25) is 0 Å². The van der Waals surface area contributed by atoms with Gasteiger partial charge in [-0.1, -0.05) is 12.1 Å². The van der Waals surface area contributed by atoms with Crippen LogP contribution in [0.1, 0.15) is 5.56 Å². The standard InChI is InChI=1S/C11H14O3S/c1-9-3-2-4-11(5-9)15(12,13)8-10-6-14-7-10/h2-5,10H,6-8H2,1H3. The molecule has 1 aliphatic rings. The van der Waals surface area contributed by atoms with Crippen LogP contribution in [0.15, 0.2) is 29.2 Å². The van der Waals surface area contributed by atoms with Gasteiger partial charge in [0.05, 0.1) is 23.9 Å². The maximum absolute atomic E-state index is 11.9. The minimum Gasteiger partial charge on any atom is -0.381 e. The molecule has 82 valence electrons. The van der Waals surface area contributed by atoms with E-state index >= 15 is 0 Å². The van der Waals surface area contributed by atoms with Gasteiger partial charge in [-0.2, -0.15) is 0 Å². The van der Waals surface area contributed by atoms with Gasteiger partial charge in [0, 0.05) is 5.92 Å². The highest BCUT2D eigenvalue weighted by Gasteiger charge is 2.26. The van der Waals surface area contributed by atoms with Crippen LogP contribution in [-0.2, 0) is 14.6 Å². The maximum Gasteiger partial charge on any atom is 0.178 e. The van der Waals surface area contributed by atoms with E-state index in [9.17, 15) is 8.42 Å². The van der Waals surface area contributed by atoms with E-state index in [2.05, 4.69) is 0 Å². The normalized spacial score (nSPS) is 17.4. The van der Waals surface area contributed by atoms with Gasteiger partial charge in [-0.15, -0.1) is 0 Å². The summed E-state index contributed by atoms with van der Waals surface area (Å²) < 4.78 is 28.8. The summed E-state index contributed by atoms with van der Waals surface area (Å²) in [4.78, 5) is 0.425. The molecule has 0 unspecified atom stereocenters. The van der Waals surface area contributed by atoms with Gasteiger partial charge in [0.15, 0.2) is 9.84 Å². The lowest BCUT2D eigenvalue weighted by Crippen LogP contribution is -2.33. The summed E-state index contributed by atoms with van der Waals surface area (Å²) in [5, 5.41) is 0. The Labute approximate surface area is 90.0 Å². The maximum atomic E-state index is 11.9. The number of hydrogen-bond acceptors (Lipinski definition) is 3. The number of hydrogen-bond donors (Lipinski definition) is 0. The van der Waals surface area contributed by atoms with Gasteiger partial charge in [-0.25, -0.2) is 8.42 Å². The lowest BCUT2D eigenvalue weighted by Gasteiger charge is -2.25. The molecular formula is C11H14O3S. The third kappa shape index (κ3) is 2.38. The van der Waals surface area contributed by atoms with Crippen LogP contribution >= 0.6 is 0 Å². The molecule has 0 radical (unpaired) electrons. The first-order chi connectivity index (χ1) is 7.08. The number of ether oxygens (including phenoxy) is 1. The molecule has 0 aromatic heterocycles. The second-order valence-electron chi connectivity index (χ2n) is 4.00. The van der Waals surface area contributed by atoms with Crippen LogP contribution in [0.5, 0.6) is 0 Å². The monoisotopic (exact) mass is 226 g/mol. The second kappa shape index (κ2) is 3.94. The number of rotatable bonds is 3. The Hall–Kier alpha value is -0.870. The molecule has 1 aromatic carbocycles. The zero-order valence-electron chi connectivity index (χ0n) is 8.64. The van der Waals surface area contributed by atoms with E-state index in [1.165, 1.54) is 0 Å². The predicted molar refractivity (Wildman–Crippen MR) is 57.5 cm³/mol. The highest BCUT2D eigenvalue weighted by molar-refractivity contribution is 7.91. The largest absolute Gasteiger partial charge is 0.381 e. The first-order valence-corrected chi connectivity index (χ1v) is 6.60. The lowest BCUT2D eigenvalue weighted by atomic mass is 10.1. The van der Waals surface area contributed by atoms with Crippen molar-refractivity contribution in [3.05, 3.63) is 29.8 Å².